The van der Waals surface area contributed by atoms with E-state index in [1.165, 1.54) is 83.1 Å². The van der Waals surface area contributed by atoms with Crippen LogP contribution in [0.5, 0.6) is 0 Å². The fraction of sp³-hybridized carbons (Fsp3) is 0.421. The van der Waals surface area contributed by atoms with Gasteiger partial charge in [0.2, 0.25) is 0 Å². The van der Waals surface area contributed by atoms with Crippen LogP contribution in [0.2, 0.25) is 0 Å². The van der Waals surface area contributed by atoms with Gasteiger partial charge >= 0.3 is 0 Å². The number of rotatable bonds is 4. The molecule has 4 heteroatoms. The van der Waals surface area contributed by atoms with Gasteiger partial charge in [0.25, 0.3) is 0 Å². The zero-order valence-electron chi connectivity index (χ0n) is 25.1. The standard InChI is InChI=1S/C38H44N4/c1-41-35-9-5-3-7-33(35)39-37(41)28-17-11-25(12-18-28)30-21-15-27-16-22-31(24-32(27)23-30)26-13-19-29(20-14-26)38-40-34-8-4-6-10-36(34)42(38)2/h3,5,7-9,11,13,15-16,19,21-24,26,28-29,36-40H,4,6,10,12,14,17-18,20H2,1-2H3. The van der Waals surface area contributed by atoms with E-state index < -0.39 is 0 Å². The summed E-state index contributed by atoms with van der Waals surface area (Å²) >= 11 is 0. The van der Waals surface area contributed by atoms with Crippen molar-refractivity contribution in [2.75, 3.05) is 24.3 Å². The molecule has 4 nitrogen and oxygen atoms in total. The van der Waals surface area contributed by atoms with Crippen molar-refractivity contribution in [2.24, 2.45) is 11.8 Å². The van der Waals surface area contributed by atoms with Crippen molar-refractivity contribution < 1.29 is 0 Å². The number of anilines is 2. The molecule has 0 radical (unpaired) electrons. The molecule has 6 atom stereocenters. The summed E-state index contributed by atoms with van der Waals surface area (Å²) in [4.78, 5) is 5.03. The Hall–Kier alpha value is -3.50. The lowest BCUT2D eigenvalue weighted by molar-refractivity contribution is 0.178. The molecular weight excluding hydrogens is 512 g/mol. The molecule has 42 heavy (non-hydrogen) atoms. The quantitative estimate of drug-likeness (QED) is 0.317. The number of fused-ring (bicyclic) bond motifs is 3. The SMILES string of the molecule is CN1c2ccccc2NC1C1CC=C(c2ccc3ccc(C4C=CC(C5NC6=CCCCC6N5C)CC4)cc3c2)CC1. The summed E-state index contributed by atoms with van der Waals surface area (Å²) in [5, 5.41) is 10.4. The van der Waals surface area contributed by atoms with E-state index in [4.69, 9.17) is 0 Å². The first-order valence-electron chi connectivity index (χ1n) is 16.3. The monoisotopic (exact) mass is 556 g/mol. The number of benzene rings is 3. The van der Waals surface area contributed by atoms with Crippen molar-refractivity contribution in [3.8, 4) is 0 Å². The Morgan fingerprint density at radius 2 is 1.69 bits per heavy atom. The lowest BCUT2D eigenvalue weighted by atomic mass is 9.82. The van der Waals surface area contributed by atoms with Crippen molar-refractivity contribution in [1.82, 2.24) is 10.2 Å². The van der Waals surface area contributed by atoms with Crippen molar-refractivity contribution >= 4 is 27.7 Å². The minimum atomic E-state index is 0.383. The fourth-order valence-electron chi connectivity index (χ4n) is 8.54. The molecule has 0 bridgehead atoms. The maximum Gasteiger partial charge on any atom is 0.102 e. The largest absolute Gasteiger partial charge is 0.371 e. The van der Waals surface area contributed by atoms with E-state index in [0.29, 0.717) is 36.1 Å². The lowest BCUT2D eigenvalue weighted by Crippen LogP contribution is -2.41. The van der Waals surface area contributed by atoms with Crippen LogP contribution >= 0.6 is 0 Å². The van der Waals surface area contributed by atoms with Crippen LogP contribution in [-0.4, -0.2) is 37.4 Å². The molecule has 1 saturated heterocycles. The molecule has 5 aliphatic rings. The predicted octanol–water partition coefficient (Wildman–Crippen LogP) is 8.26. The number of hydrogen-bond acceptors (Lipinski definition) is 4. The van der Waals surface area contributed by atoms with Crippen LogP contribution in [0.4, 0.5) is 11.4 Å². The highest BCUT2D eigenvalue weighted by molar-refractivity contribution is 5.87. The molecule has 0 saturated carbocycles. The van der Waals surface area contributed by atoms with Gasteiger partial charge in [-0.15, -0.1) is 0 Å². The van der Waals surface area contributed by atoms with Gasteiger partial charge in [0.1, 0.15) is 6.17 Å². The molecule has 3 aromatic carbocycles. The average molecular weight is 557 g/mol. The van der Waals surface area contributed by atoms with Gasteiger partial charge in [-0.25, -0.2) is 0 Å². The summed E-state index contributed by atoms with van der Waals surface area (Å²) in [6.07, 6.45) is 20.6. The van der Waals surface area contributed by atoms with Gasteiger partial charge in [-0.05, 0) is 104 Å². The first-order chi connectivity index (χ1) is 20.6. The summed E-state index contributed by atoms with van der Waals surface area (Å²) < 4.78 is 0. The molecule has 0 amide bonds. The third-order valence-electron chi connectivity index (χ3n) is 11.0. The van der Waals surface area contributed by atoms with Crippen LogP contribution in [0.15, 0.2) is 90.7 Å². The number of nitrogens with one attached hydrogen (secondary N) is 2. The number of nitrogens with zero attached hydrogens (tertiary/aromatic N) is 2. The number of allylic oxidation sites excluding steroid dienone is 4. The first kappa shape index (κ1) is 26.2. The zero-order chi connectivity index (χ0) is 28.2. The molecule has 2 N–H and O–H groups in total. The van der Waals surface area contributed by atoms with Gasteiger partial charge in [-0.3, -0.25) is 4.90 Å². The highest BCUT2D eigenvalue weighted by atomic mass is 15.3. The fourth-order valence-corrected chi connectivity index (χ4v) is 8.54. The molecular formula is C38H44N4. The summed E-state index contributed by atoms with van der Waals surface area (Å²) in [5.41, 5.74) is 8.45. The van der Waals surface area contributed by atoms with Gasteiger partial charge in [-0.2, -0.15) is 0 Å². The third kappa shape index (κ3) is 4.55. The van der Waals surface area contributed by atoms with E-state index in [1.807, 2.05) is 0 Å². The second-order valence-electron chi connectivity index (χ2n) is 13.4. The molecule has 3 aromatic rings. The van der Waals surface area contributed by atoms with Crippen molar-refractivity contribution in [3.05, 3.63) is 102 Å². The number of likely N-dealkylation sites (N-methyl/N-ethyl adjacent to an activating group) is 1. The Bertz CT molecular complexity index is 1580. The molecule has 0 aromatic heterocycles. The summed E-state index contributed by atoms with van der Waals surface area (Å²) in [5.74, 6) is 1.72. The van der Waals surface area contributed by atoms with Gasteiger partial charge in [0.05, 0.1) is 23.6 Å². The van der Waals surface area contributed by atoms with Gasteiger partial charge in [-0.1, -0.05) is 66.8 Å². The maximum absolute atomic E-state index is 3.88. The van der Waals surface area contributed by atoms with E-state index in [-0.39, 0.29) is 0 Å². The smallest absolute Gasteiger partial charge is 0.102 e. The van der Waals surface area contributed by atoms with Crippen molar-refractivity contribution in [2.45, 2.75) is 75.7 Å². The second kappa shape index (κ2) is 10.6. The van der Waals surface area contributed by atoms with Gasteiger partial charge < -0.3 is 15.5 Å². The second-order valence-corrected chi connectivity index (χ2v) is 13.4. The number of hydrogen-bond donors (Lipinski definition) is 2. The van der Waals surface area contributed by atoms with Gasteiger partial charge in [0.15, 0.2) is 0 Å². The molecule has 3 aliphatic carbocycles. The summed E-state index contributed by atoms with van der Waals surface area (Å²) in [6, 6.07) is 23.6. The van der Waals surface area contributed by atoms with E-state index in [9.17, 15) is 0 Å². The predicted molar refractivity (Wildman–Crippen MR) is 177 cm³/mol. The summed E-state index contributed by atoms with van der Waals surface area (Å²) in [6.45, 7) is 0. The Kier molecular flexibility index (Phi) is 6.63. The Labute approximate surface area is 251 Å². The van der Waals surface area contributed by atoms with E-state index >= 15 is 0 Å². The lowest BCUT2D eigenvalue weighted by Gasteiger charge is -2.33. The maximum atomic E-state index is 3.88. The van der Waals surface area contributed by atoms with Crippen molar-refractivity contribution in [3.63, 3.8) is 0 Å². The number of para-hydroxylation sites is 2. The molecule has 8 rings (SSSR count). The van der Waals surface area contributed by atoms with Crippen molar-refractivity contribution in [1.29, 1.82) is 0 Å². The minimum absolute atomic E-state index is 0.383. The highest BCUT2D eigenvalue weighted by Crippen LogP contribution is 2.42. The average Bonchev–Trinajstić information content (AvgIpc) is 3.57. The van der Waals surface area contributed by atoms with Crippen LogP contribution < -0.4 is 15.5 Å². The Morgan fingerprint density at radius 3 is 2.50 bits per heavy atom. The zero-order valence-corrected chi connectivity index (χ0v) is 25.1. The molecule has 1 fully saturated rings. The Morgan fingerprint density at radius 1 is 0.786 bits per heavy atom. The molecule has 2 aliphatic heterocycles. The van der Waals surface area contributed by atoms with Crippen LogP contribution in [0.25, 0.3) is 16.3 Å². The Balaban J connectivity index is 0.959. The molecule has 6 unspecified atom stereocenters. The highest BCUT2D eigenvalue weighted by Gasteiger charge is 2.39. The first-order valence-corrected chi connectivity index (χ1v) is 16.3. The van der Waals surface area contributed by atoms with E-state index in [2.05, 4.69) is 119 Å². The molecule has 216 valence electrons. The van der Waals surface area contributed by atoms with Crippen LogP contribution in [-0.2, 0) is 0 Å². The van der Waals surface area contributed by atoms with E-state index in [1.54, 1.807) is 0 Å². The molecule has 0 spiro atoms. The normalized spacial score (nSPS) is 30.8. The minimum Gasteiger partial charge on any atom is -0.371 e. The van der Waals surface area contributed by atoms with Crippen LogP contribution in [0.3, 0.4) is 0 Å². The topological polar surface area (TPSA) is 30.5 Å². The van der Waals surface area contributed by atoms with Crippen LogP contribution in [0, 0.1) is 11.8 Å². The van der Waals surface area contributed by atoms with Gasteiger partial charge in [0, 0.05) is 30.5 Å². The third-order valence-corrected chi connectivity index (χ3v) is 11.0. The summed E-state index contributed by atoms with van der Waals surface area (Å²) in [7, 11) is 4.55. The van der Waals surface area contributed by atoms with Crippen LogP contribution in [0.1, 0.15) is 68.4 Å². The van der Waals surface area contributed by atoms with E-state index in [0.717, 1.165) is 12.8 Å². The molecule has 2 heterocycles.